The Bertz CT molecular complexity index is 285. The van der Waals surface area contributed by atoms with Crippen molar-refractivity contribution < 1.29 is 5.11 Å². The van der Waals surface area contributed by atoms with Crippen LogP contribution in [0.5, 0.6) is 0 Å². The molecule has 1 N–H and O–H groups in total. The molecule has 0 aromatic heterocycles. The van der Waals surface area contributed by atoms with Crippen LogP contribution in [0.3, 0.4) is 0 Å². The average Bonchev–Trinajstić information content (AvgIpc) is 1.90. The van der Waals surface area contributed by atoms with Crippen molar-refractivity contribution in [3.63, 3.8) is 0 Å². The quantitative estimate of drug-likeness (QED) is 0.585. The molecule has 2 fully saturated rings. The first-order valence-corrected chi connectivity index (χ1v) is 5.59. The molecule has 2 rings (SSSR count). The van der Waals surface area contributed by atoms with Crippen molar-refractivity contribution in [3.8, 4) is 11.8 Å². The van der Waals surface area contributed by atoms with Crippen LogP contribution in [0.15, 0.2) is 0 Å². The van der Waals surface area contributed by atoms with Crippen molar-refractivity contribution in [3.05, 3.63) is 0 Å². The summed E-state index contributed by atoms with van der Waals surface area (Å²) in [6.07, 6.45) is 5.81. The Morgan fingerprint density at radius 3 is 2.07 bits per heavy atom. The van der Waals surface area contributed by atoms with E-state index in [4.69, 9.17) is 0 Å². The highest BCUT2D eigenvalue weighted by atomic mass is 16.3. The molecule has 0 saturated heterocycles. The smallest absolute Gasteiger partial charge is 0.126 e. The monoisotopic (exact) mass is 192 g/mol. The second kappa shape index (κ2) is 2.76. The minimum atomic E-state index is -0.645. The van der Waals surface area contributed by atoms with Crippen LogP contribution in [0.1, 0.15) is 52.9 Å². The summed E-state index contributed by atoms with van der Waals surface area (Å²) >= 11 is 0. The maximum atomic E-state index is 10.1. The van der Waals surface area contributed by atoms with Gasteiger partial charge in [-0.25, -0.2) is 0 Å². The predicted molar refractivity (Wildman–Crippen MR) is 57.7 cm³/mol. The van der Waals surface area contributed by atoms with Gasteiger partial charge in [-0.2, -0.15) is 0 Å². The van der Waals surface area contributed by atoms with E-state index in [-0.39, 0.29) is 5.41 Å². The molecule has 0 bridgehead atoms. The molecule has 1 heteroatoms. The van der Waals surface area contributed by atoms with Gasteiger partial charge in [-0.1, -0.05) is 18.3 Å². The molecule has 78 valence electrons. The lowest BCUT2D eigenvalue weighted by molar-refractivity contribution is -0.126. The fraction of sp³-hybridized carbons (Fsp3) is 0.846. The maximum absolute atomic E-state index is 10.1. The third-order valence-corrected chi connectivity index (χ3v) is 3.42. The topological polar surface area (TPSA) is 20.2 Å². The van der Waals surface area contributed by atoms with Gasteiger partial charge in [0.1, 0.15) is 5.60 Å². The third kappa shape index (κ3) is 1.81. The first-order valence-electron chi connectivity index (χ1n) is 5.59. The van der Waals surface area contributed by atoms with Crippen LogP contribution in [-0.2, 0) is 0 Å². The first-order chi connectivity index (χ1) is 6.33. The molecule has 0 unspecified atom stereocenters. The van der Waals surface area contributed by atoms with E-state index in [1.54, 1.807) is 0 Å². The van der Waals surface area contributed by atoms with Gasteiger partial charge in [-0.3, -0.25) is 0 Å². The van der Waals surface area contributed by atoms with E-state index in [2.05, 4.69) is 32.6 Å². The molecule has 0 amide bonds. The van der Waals surface area contributed by atoms with E-state index < -0.39 is 5.60 Å². The Balaban J connectivity index is 1.96. The molecule has 1 spiro atoms. The second-order valence-electron chi connectivity index (χ2n) is 6.24. The lowest BCUT2D eigenvalue weighted by atomic mass is 9.50. The fourth-order valence-electron chi connectivity index (χ4n) is 2.61. The molecular formula is C13H20O. The summed E-state index contributed by atoms with van der Waals surface area (Å²) in [5, 5.41) is 10.1. The molecule has 2 aliphatic rings. The van der Waals surface area contributed by atoms with Gasteiger partial charge >= 0.3 is 0 Å². The molecule has 0 aromatic carbocycles. The molecule has 2 saturated carbocycles. The largest absolute Gasteiger partial charge is 0.378 e. The Kier molecular flexibility index (Phi) is 1.98. The van der Waals surface area contributed by atoms with Crippen LogP contribution in [-0.4, -0.2) is 10.7 Å². The fourth-order valence-corrected chi connectivity index (χ4v) is 2.61. The zero-order chi connectivity index (χ0) is 10.4. The summed E-state index contributed by atoms with van der Waals surface area (Å²) in [6, 6.07) is 0. The van der Waals surface area contributed by atoms with Crippen molar-refractivity contribution in [1.29, 1.82) is 0 Å². The van der Waals surface area contributed by atoms with Crippen LogP contribution in [0.25, 0.3) is 0 Å². The third-order valence-electron chi connectivity index (χ3n) is 3.42. The molecule has 0 heterocycles. The summed E-state index contributed by atoms with van der Waals surface area (Å²) in [7, 11) is 0. The van der Waals surface area contributed by atoms with Gasteiger partial charge in [-0.05, 0) is 51.9 Å². The molecule has 0 aromatic rings. The zero-order valence-corrected chi connectivity index (χ0v) is 9.48. The Hall–Kier alpha value is -0.480. The van der Waals surface area contributed by atoms with Gasteiger partial charge in [0.15, 0.2) is 0 Å². The zero-order valence-electron chi connectivity index (χ0n) is 9.48. The van der Waals surface area contributed by atoms with Crippen LogP contribution in [0.4, 0.5) is 0 Å². The Morgan fingerprint density at radius 2 is 1.71 bits per heavy atom. The van der Waals surface area contributed by atoms with Crippen molar-refractivity contribution in [2.75, 3.05) is 0 Å². The Labute approximate surface area is 86.9 Å². The van der Waals surface area contributed by atoms with Crippen molar-refractivity contribution in [2.45, 2.75) is 58.5 Å². The summed E-state index contributed by atoms with van der Waals surface area (Å²) in [6.45, 7) is 6.25. The molecular weight excluding hydrogens is 172 g/mol. The molecule has 0 aliphatic heterocycles. The number of aliphatic hydroxyl groups is 1. The normalized spacial score (nSPS) is 27.1. The summed E-state index contributed by atoms with van der Waals surface area (Å²) < 4.78 is 0. The van der Waals surface area contributed by atoms with Crippen LogP contribution < -0.4 is 0 Å². The molecule has 2 aliphatic carbocycles. The molecule has 0 atom stereocenters. The van der Waals surface area contributed by atoms with Gasteiger partial charge in [0.05, 0.1) is 0 Å². The average molecular weight is 192 g/mol. The summed E-state index contributed by atoms with van der Waals surface area (Å²) in [5.41, 5.74) is -0.132. The van der Waals surface area contributed by atoms with Crippen LogP contribution in [0.2, 0.25) is 0 Å². The van der Waals surface area contributed by atoms with Gasteiger partial charge in [0.25, 0.3) is 0 Å². The number of rotatable bonds is 0. The highest BCUT2D eigenvalue weighted by Gasteiger charge is 2.55. The van der Waals surface area contributed by atoms with E-state index in [0.717, 1.165) is 12.8 Å². The minimum absolute atomic E-state index is 0.0120. The molecule has 0 radical (unpaired) electrons. The van der Waals surface area contributed by atoms with E-state index in [9.17, 15) is 5.11 Å². The van der Waals surface area contributed by atoms with Gasteiger partial charge < -0.3 is 5.11 Å². The van der Waals surface area contributed by atoms with Gasteiger partial charge in [0.2, 0.25) is 0 Å². The predicted octanol–water partition coefficient (Wildman–Crippen LogP) is 2.73. The SMILES string of the molecule is CC(C)(C)C#CC1(O)CC2(CCC2)C1. The molecule has 14 heavy (non-hydrogen) atoms. The van der Waals surface area contributed by atoms with Crippen molar-refractivity contribution in [2.24, 2.45) is 10.8 Å². The highest BCUT2D eigenvalue weighted by Crippen LogP contribution is 2.60. The summed E-state index contributed by atoms with van der Waals surface area (Å²) in [4.78, 5) is 0. The highest BCUT2D eigenvalue weighted by molar-refractivity contribution is 5.25. The lowest BCUT2D eigenvalue weighted by Crippen LogP contribution is -2.54. The van der Waals surface area contributed by atoms with Crippen LogP contribution in [0, 0.1) is 22.7 Å². The minimum Gasteiger partial charge on any atom is -0.378 e. The van der Waals surface area contributed by atoms with Crippen LogP contribution >= 0.6 is 0 Å². The van der Waals surface area contributed by atoms with Crippen molar-refractivity contribution in [1.82, 2.24) is 0 Å². The Morgan fingerprint density at radius 1 is 1.14 bits per heavy atom. The number of hydrogen-bond acceptors (Lipinski definition) is 1. The van der Waals surface area contributed by atoms with E-state index in [0.29, 0.717) is 5.41 Å². The standard InChI is InChI=1S/C13H20O/c1-11(2,3)7-8-13(14)9-12(10-13)5-4-6-12/h14H,4-6,9-10H2,1-3H3. The van der Waals surface area contributed by atoms with E-state index >= 15 is 0 Å². The van der Waals surface area contributed by atoms with Crippen molar-refractivity contribution >= 4 is 0 Å². The summed E-state index contributed by atoms with van der Waals surface area (Å²) in [5.74, 6) is 6.21. The van der Waals surface area contributed by atoms with Gasteiger partial charge in [-0.15, -0.1) is 0 Å². The van der Waals surface area contributed by atoms with Gasteiger partial charge in [0, 0.05) is 5.41 Å². The molecule has 1 nitrogen and oxygen atoms in total. The first kappa shape index (κ1) is 10.1. The maximum Gasteiger partial charge on any atom is 0.126 e. The van der Waals surface area contributed by atoms with E-state index in [1.165, 1.54) is 19.3 Å². The van der Waals surface area contributed by atoms with E-state index in [1.807, 2.05) is 0 Å². The second-order valence-corrected chi connectivity index (χ2v) is 6.24. The lowest BCUT2D eigenvalue weighted by Gasteiger charge is -2.56. The number of hydrogen-bond donors (Lipinski definition) is 1.